The highest BCUT2D eigenvalue weighted by molar-refractivity contribution is 5.94. The van der Waals surface area contributed by atoms with Crippen LogP contribution >= 0.6 is 0 Å². The maximum absolute atomic E-state index is 12.7. The monoisotopic (exact) mass is 367 g/mol. The van der Waals surface area contributed by atoms with Crippen LogP contribution in [0.4, 0.5) is 0 Å². The molecule has 27 heavy (non-hydrogen) atoms. The number of H-pyrrole nitrogens is 1. The zero-order chi connectivity index (χ0) is 19.4. The maximum Gasteiger partial charge on any atom is 0.270 e. The minimum absolute atomic E-state index is 0.0134. The third kappa shape index (κ3) is 4.79. The third-order valence-electron chi connectivity index (χ3n) is 5.42. The van der Waals surface area contributed by atoms with E-state index in [0.717, 1.165) is 29.7 Å². The fourth-order valence-corrected chi connectivity index (χ4v) is 3.84. The van der Waals surface area contributed by atoms with Crippen LogP contribution in [0.2, 0.25) is 0 Å². The van der Waals surface area contributed by atoms with E-state index in [0.29, 0.717) is 31.1 Å². The van der Waals surface area contributed by atoms with Gasteiger partial charge in [-0.2, -0.15) is 0 Å². The van der Waals surface area contributed by atoms with Crippen molar-refractivity contribution in [2.45, 2.75) is 46.1 Å². The number of nitrogens with one attached hydrogen (secondary N) is 2. The van der Waals surface area contributed by atoms with Crippen LogP contribution in [0.15, 0.2) is 36.4 Å². The standard InChI is InChI=1S/C22H29N3O2/c1-15-13-16(2)23-21(15)22(27)25-11-9-18(10-12-25)14-20(26)24-17(3)19-7-5-4-6-8-19/h4-8,13,17-18,23H,9-12,14H2,1-3H3,(H,24,26)/t17-/m1/s1. The van der Waals surface area contributed by atoms with Gasteiger partial charge in [0, 0.05) is 25.2 Å². The Balaban J connectivity index is 1.47. The summed E-state index contributed by atoms with van der Waals surface area (Å²) in [5.74, 6) is 0.497. The molecule has 0 saturated carbocycles. The molecule has 0 spiro atoms. The van der Waals surface area contributed by atoms with E-state index in [1.807, 2.05) is 62.1 Å². The van der Waals surface area contributed by atoms with Crippen LogP contribution in [0.1, 0.15) is 59.5 Å². The number of aromatic nitrogens is 1. The Labute approximate surface area is 161 Å². The Morgan fingerprint density at radius 2 is 1.85 bits per heavy atom. The predicted octanol–water partition coefficient (Wildman–Crippen LogP) is 3.75. The molecule has 1 fully saturated rings. The molecule has 3 rings (SSSR count). The summed E-state index contributed by atoms with van der Waals surface area (Å²) in [6, 6.07) is 12.0. The highest BCUT2D eigenvalue weighted by atomic mass is 16.2. The minimum Gasteiger partial charge on any atom is -0.354 e. The molecule has 0 aliphatic carbocycles. The Bertz CT molecular complexity index is 789. The molecule has 5 heteroatoms. The number of carbonyl (C=O) groups excluding carboxylic acids is 2. The summed E-state index contributed by atoms with van der Waals surface area (Å²) >= 11 is 0. The number of carbonyl (C=O) groups is 2. The summed E-state index contributed by atoms with van der Waals surface area (Å²) in [5.41, 5.74) is 3.81. The van der Waals surface area contributed by atoms with Gasteiger partial charge in [0.15, 0.2) is 0 Å². The molecule has 144 valence electrons. The lowest BCUT2D eigenvalue weighted by atomic mass is 9.92. The number of aryl methyl sites for hydroxylation is 2. The average Bonchev–Trinajstić information content (AvgIpc) is 3.00. The lowest BCUT2D eigenvalue weighted by Gasteiger charge is -2.32. The van der Waals surface area contributed by atoms with E-state index in [1.54, 1.807) is 0 Å². The van der Waals surface area contributed by atoms with Crippen molar-refractivity contribution in [2.24, 2.45) is 5.92 Å². The predicted molar refractivity (Wildman–Crippen MR) is 107 cm³/mol. The quantitative estimate of drug-likeness (QED) is 0.845. The van der Waals surface area contributed by atoms with Crippen LogP contribution in [0.5, 0.6) is 0 Å². The molecule has 2 heterocycles. The number of nitrogens with zero attached hydrogens (tertiary/aromatic N) is 1. The van der Waals surface area contributed by atoms with Crippen LogP contribution in [0, 0.1) is 19.8 Å². The molecule has 2 aromatic rings. The Kier molecular flexibility index (Phi) is 5.99. The van der Waals surface area contributed by atoms with Gasteiger partial charge in [-0.1, -0.05) is 30.3 Å². The zero-order valence-electron chi connectivity index (χ0n) is 16.4. The number of aromatic amines is 1. The molecule has 2 N–H and O–H groups in total. The molecule has 1 aliphatic rings. The number of amides is 2. The molecule has 1 saturated heterocycles. The number of hydrogen-bond acceptors (Lipinski definition) is 2. The van der Waals surface area contributed by atoms with Crippen molar-refractivity contribution in [1.82, 2.24) is 15.2 Å². The van der Waals surface area contributed by atoms with E-state index in [1.165, 1.54) is 0 Å². The summed E-state index contributed by atoms with van der Waals surface area (Å²) in [5, 5.41) is 3.09. The third-order valence-corrected chi connectivity index (χ3v) is 5.42. The fourth-order valence-electron chi connectivity index (χ4n) is 3.84. The van der Waals surface area contributed by atoms with Gasteiger partial charge < -0.3 is 15.2 Å². The van der Waals surface area contributed by atoms with E-state index in [2.05, 4.69) is 10.3 Å². The summed E-state index contributed by atoms with van der Waals surface area (Å²) in [6.07, 6.45) is 2.27. The molecule has 2 amide bonds. The van der Waals surface area contributed by atoms with E-state index in [9.17, 15) is 9.59 Å². The topological polar surface area (TPSA) is 65.2 Å². The van der Waals surface area contributed by atoms with Gasteiger partial charge in [-0.05, 0) is 56.7 Å². The minimum atomic E-state index is 0.0134. The van der Waals surface area contributed by atoms with E-state index in [4.69, 9.17) is 0 Å². The zero-order valence-corrected chi connectivity index (χ0v) is 16.4. The molecule has 1 aromatic heterocycles. The SMILES string of the molecule is Cc1cc(C)c(C(=O)N2CCC(CC(=O)N[C@H](C)c3ccccc3)CC2)[nH]1. The normalized spacial score (nSPS) is 16.2. The molecule has 0 unspecified atom stereocenters. The Hall–Kier alpha value is -2.56. The van der Waals surface area contributed by atoms with Crippen molar-refractivity contribution in [2.75, 3.05) is 13.1 Å². The largest absolute Gasteiger partial charge is 0.354 e. The number of rotatable bonds is 5. The number of hydrogen-bond donors (Lipinski definition) is 2. The van der Waals surface area contributed by atoms with Crippen molar-refractivity contribution in [3.63, 3.8) is 0 Å². The van der Waals surface area contributed by atoms with Crippen LogP contribution in [-0.4, -0.2) is 34.8 Å². The van der Waals surface area contributed by atoms with Gasteiger partial charge >= 0.3 is 0 Å². The van der Waals surface area contributed by atoms with Gasteiger partial charge in [-0.3, -0.25) is 9.59 Å². The van der Waals surface area contributed by atoms with Crippen molar-refractivity contribution < 1.29 is 9.59 Å². The Morgan fingerprint density at radius 1 is 1.19 bits per heavy atom. The average molecular weight is 367 g/mol. The molecule has 0 bridgehead atoms. The first-order valence-corrected chi connectivity index (χ1v) is 9.74. The first-order valence-electron chi connectivity index (χ1n) is 9.74. The first-order chi connectivity index (χ1) is 12.9. The highest BCUT2D eigenvalue weighted by Crippen LogP contribution is 2.23. The summed E-state index contributed by atoms with van der Waals surface area (Å²) < 4.78 is 0. The van der Waals surface area contributed by atoms with E-state index < -0.39 is 0 Å². The second-order valence-corrected chi connectivity index (χ2v) is 7.65. The van der Waals surface area contributed by atoms with Gasteiger partial charge in [-0.25, -0.2) is 0 Å². The molecule has 5 nitrogen and oxygen atoms in total. The molecular formula is C22H29N3O2. The van der Waals surface area contributed by atoms with Gasteiger partial charge in [0.05, 0.1) is 6.04 Å². The molecule has 0 radical (unpaired) electrons. The summed E-state index contributed by atoms with van der Waals surface area (Å²) in [7, 11) is 0. The van der Waals surface area contributed by atoms with Crippen LogP contribution in [0.25, 0.3) is 0 Å². The molecule has 1 aliphatic heterocycles. The highest BCUT2D eigenvalue weighted by Gasteiger charge is 2.26. The van der Waals surface area contributed by atoms with Gasteiger partial charge in [0.2, 0.25) is 5.91 Å². The summed E-state index contributed by atoms with van der Waals surface area (Å²) in [6.45, 7) is 7.35. The number of likely N-dealkylation sites (tertiary alicyclic amines) is 1. The molecular weight excluding hydrogens is 338 g/mol. The molecule has 1 aromatic carbocycles. The number of piperidine rings is 1. The first kappa shape index (κ1) is 19.2. The van der Waals surface area contributed by atoms with Crippen molar-refractivity contribution in [1.29, 1.82) is 0 Å². The maximum atomic E-state index is 12.7. The van der Waals surface area contributed by atoms with Gasteiger partial charge in [0.1, 0.15) is 5.69 Å². The number of benzene rings is 1. The van der Waals surface area contributed by atoms with Crippen molar-refractivity contribution in [3.8, 4) is 0 Å². The lowest BCUT2D eigenvalue weighted by Crippen LogP contribution is -2.40. The van der Waals surface area contributed by atoms with Gasteiger partial charge in [0.25, 0.3) is 5.91 Å². The smallest absolute Gasteiger partial charge is 0.270 e. The second kappa shape index (κ2) is 8.42. The van der Waals surface area contributed by atoms with Crippen LogP contribution in [0.3, 0.4) is 0 Å². The van der Waals surface area contributed by atoms with Crippen molar-refractivity contribution in [3.05, 3.63) is 58.9 Å². The molecule has 1 atom stereocenters. The summed E-state index contributed by atoms with van der Waals surface area (Å²) in [4.78, 5) is 30.1. The van der Waals surface area contributed by atoms with Gasteiger partial charge in [-0.15, -0.1) is 0 Å². The fraction of sp³-hybridized carbons (Fsp3) is 0.455. The van der Waals surface area contributed by atoms with Crippen LogP contribution in [-0.2, 0) is 4.79 Å². The lowest BCUT2D eigenvalue weighted by molar-refractivity contribution is -0.122. The second-order valence-electron chi connectivity index (χ2n) is 7.65. The van der Waals surface area contributed by atoms with Crippen molar-refractivity contribution >= 4 is 11.8 Å². The van der Waals surface area contributed by atoms with E-state index >= 15 is 0 Å². The van der Waals surface area contributed by atoms with Crippen LogP contribution < -0.4 is 5.32 Å². The Morgan fingerprint density at radius 3 is 2.44 bits per heavy atom. The van der Waals surface area contributed by atoms with E-state index in [-0.39, 0.29) is 17.9 Å².